The predicted octanol–water partition coefficient (Wildman–Crippen LogP) is 0.834. The first-order valence-electron chi connectivity index (χ1n) is 8.27. The highest BCUT2D eigenvalue weighted by Gasteiger charge is 2.28. The summed E-state index contributed by atoms with van der Waals surface area (Å²) in [7, 11) is 0. The zero-order chi connectivity index (χ0) is 16.1. The molecule has 6 nitrogen and oxygen atoms in total. The molecular weight excluding hydrogens is 294 g/mol. The fourth-order valence-electron chi connectivity index (χ4n) is 2.96. The predicted molar refractivity (Wildman–Crippen MR) is 88.4 cm³/mol. The van der Waals surface area contributed by atoms with Crippen molar-refractivity contribution in [2.24, 2.45) is 0 Å². The second-order valence-electron chi connectivity index (χ2n) is 6.08. The van der Waals surface area contributed by atoms with E-state index in [4.69, 9.17) is 9.47 Å². The summed E-state index contributed by atoms with van der Waals surface area (Å²) in [5.74, 6) is -0.0434. The van der Waals surface area contributed by atoms with E-state index < -0.39 is 0 Å². The van der Waals surface area contributed by atoms with Crippen LogP contribution in [-0.2, 0) is 20.8 Å². The molecule has 126 valence electrons. The molecule has 0 unspecified atom stereocenters. The summed E-state index contributed by atoms with van der Waals surface area (Å²) in [6, 6.07) is 7.76. The maximum absolute atomic E-state index is 12.3. The van der Waals surface area contributed by atoms with Crippen molar-refractivity contribution in [3.8, 4) is 0 Å². The molecule has 0 bridgehead atoms. The summed E-state index contributed by atoms with van der Waals surface area (Å²) in [5.41, 5.74) is 2.07. The Morgan fingerprint density at radius 2 is 2.00 bits per heavy atom. The van der Waals surface area contributed by atoms with Crippen LogP contribution in [0, 0.1) is 0 Å². The van der Waals surface area contributed by atoms with Crippen LogP contribution in [0.4, 0.5) is 5.69 Å². The fraction of sp³-hybridized carbons (Fsp3) is 0.588. The SMILES string of the molecule is C[C@H]1OCCN[C@@H]1C(=O)Nc1ccc(CN2CCOCC2)cc1. The van der Waals surface area contributed by atoms with Crippen LogP contribution in [0.5, 0.6) is 0 Å². The maximum Gasteiger partial charge on any atom is 0.244 e. The van der Waals surface area contributed by atoms with Crippen LogP contribution in [0.25, 0.3) is 0 Å². The number of anilines is 1. The molecule has 2 aliphatic rings. The van der Waals surface area contributed by atoms with Gasteiger partial charge in [-0.25, -0.2) is 0 Å². The minimum Gasteiger partial charge on any atom is -0.379 e. The molecule has 6 heteroatoms. The topological polar surface area (TPSA) is 62.8 Å². The van der Waals surface area contributed by atoms with E-state index in [9.17, 15) is 4.79 Å². The number of benzene rings is 1. The average Bonchev–Trinajstić information content (AvgIpc) is 2.58. The van der Waals surface area contributed by atoms with Crippen molar-refractivity contribution in [3.63, 3.8) is 0 Å². The van der Waals surface area contributed by atoms with Gasteiger partial charge in [-0.1, -0.05) is 12.1 Å². The van der Waals surface area contributed by atoms with E-state index in [0.717, 1.165) is 38.5 Å². The Morgan fingerprint density at radius 1 is 1.26 bits per heavy atom. The number of carbonyl (C=O) groups is 1. The van der Waals surface area contributed by atoms with E-state index in [1.54, 1.807) is 0 Å². The molecule has 1 aromatic rings. The normalized spacial score (nSPS) is 26.0. The first kappa shape index (κ1) is 16.4. The van der Waals surface area contributed by atoms with Crippen molar-refractivity contribution < 1.29 is 14.3 Å². The Balaban J connectivity index is 1.53. The molecule has 2 heterocycles. The number of hydrogen-bond donors (Lipinski definition) is 2. The third kappa shape index (κ3) is 4.51. The highest BCUT2D eigenvalue weighted by Crippen LogP contribution is 2.14. The number of ether oxygens (including phenoxy) is 2. The third-order valence-corrected chi connectivity index (χ3v) is 4.33. The zero-order valence-electron chi connectivity index (χ0n) is 13.6. The molecule has 0 saturated carbocycles. The number of nitrogens with zero attached hydrogens (tertiary/aromatic N) is 1. The Labute approximate surface area is 137 Å². The molecule has 23 heavy (non-hydrogen) atoms. The molecule has 0 aliphatic carbocycles. The first-order valence-corrected chi connectivity index (χ1v) is 8.27. The van der Waals surface area contributed by atoms with Crippen LogP contribution in [-0.4, -0.2) is 62.4 Å². The average molecular weight is 319 g/mol. The summed E-state index contributed by atoms with van der Waals surface area (Å²) < 4.78 is 10.9. The summed E-state index contributed by atoms with van der Waals surface area (Å²) >= 11 is 0. The van der Waals surface area contributed by atoms with E-state index in [2.05, 4.69) is 27.7 Å². The summed E-state index contributed by atoms with van der Waals surface area (Å²) in [4.78, 5) is 14.7. The molecule has 1 aromatic carbocycles. The standard InChI is InChI=1S/C17H25N3O3/c1-13-16(18-6-9-23-13)17(21)19-15-4-2-14(3-5-15)12-20-7-10-22-11-8-20/h2-5,13,16,18H,6-12H2,1H3,(H,19,21)/t13-,16+/m1/s1. The molecule has 0 spiro atoms. The summed E-state index contributed by atoms with van der Waals surface area (Å²) in [5, 5.41) is 6.16. The number of hydrogen-bond acceptors (Lipinski definition) is 5. The van der Waals surface area contributed by atoms with E-state index in [-0.39, 0.29) is 18.1 Å². The highest BCUT2D eigenvalue weighted by atomic mass is 16.5. The molecule has 2 N–H and O–H groups in total. The Bertz CT molecular complexity index is 514. The van der Waals surface area contributed by atoms with Gasteiger partial charge in [-0.2, -0.15) is 0 Å². The van der Waals surface area contributed by atoms with Gasteiger partial charge in [0.15, 0.2) is 0 Å². The van der Waals surface area contributed by atoms with Crippen molar-refractivity contribution in [3.05, 3.63) is 29.8 Å². The first-order chi connectivity index (χ1) is 11.2. The molecule has 2 aliphatic heterocycles. The molecule has 2 fully saturated rings. The third-order valence-electron chi connectivity index (χ3n) is 4.33. The Morgan fingerprint density at radius 3 is 2.70 bits per heavy atom. The zero-order valence-corrected chi connectivity index (χ0v) is 13.6. The lowest BCUT2D eigenvalue weighted by atomic mass is 10.1. The van der Waals surface area contributed by atoms with Crippen molar-refractivity contribution in [2.45, 2.75) is 25.6 Å². The minimum absolute atomic E-state index is 0.0434. The molecule has 1 amide bonds. The molecule has 3 rings (SSSR count). The van der Waals surface area contributed by atoms with Crippen LogP contribution >= 0.6 is 0 Å². The van der Waals surface area contributed by atoms with Crippen molar-refractivity contribution in [1.29, 1.82) is 0 Å². The lowest BCUT2D eigenvalue weighted by molar-refractivity contribution is -0.123. The van der Waals surface area contributed by atoms with Crippen LogP contribution in [0.1, 0.15) is 12.5 Å². The number of amides is 1. The van der Waals surface area contributed by atoms with Gasteiger partial charge in [0, 0.05) is 31.9 Å². The van der Waals surface area contributed by atoms with Crippen molar-refractivity contribution in [1.82, 2.24) is 10.2 Å². The smallest absolute Gasteiger partial charge is 0.244 e. The summed E-state index contributed by atoms with van der Waals surface area (Å²) in [6.45, 7) is 7.77. The van der Waals surface area contributed by atoms with Gasteiger partial charge >= 0.3 is 0 Å². The Hall–Kier alpha value is -1.47. The maximum atomic E-state index is 12.3. The fourth-order valence-corrected chi connectivity index (χ4v) is 2.96. The highest BCUT2D eigenvalue weighted by molar-refractivity contribution is 5.95. The van der Waals surface area contributed by atoms with Crippen molar-refractivity contribution >= 4 is 11.6 Å². The summed E-state index contributed by atoms with van der Waals surface area (Å²) in [6.07, 6.45) is -0.107. The molecule has 2 atom stereocenters. The van der Waals surface area contributed by atoms with E-state index in [0.29, 0.717) is 13.2 Å². The van der Waals surface area contributed by atoms with Gasteiger partial charge < -0.3 is 20.1 Å². The van der Waals surface area contributed by atoms with Gasteiger partial charge in [-0.05, 0) is 24.6 Å². The monoisotopic (exact) mass is 319 g/mol. The van der Waals surface area contributed by atoms with Crippen LogP contribution in [0.15, 0.2) is 24.3 Å². The van der Waals surface area contributed by atoms with Gasteiger partial charge in [-0.15, -0.1) is 0 Å². The van der Waals surface area contributed by atoms with E-state index in [1.807, 2.05) is 19.1 Å². The van der Waals surface area contributed by atoms with Gasteiger partial charge in [0.05, 0.1) is 25.9 Å². The number of nitrogens with one attached hydrogen (secondary N) is 2. The van der Waals surface area contributed by atoms with E-state index >= 15 is 0 Å². The lowest BCUT2D eigenvalue weighted by Crippen LogP contribution is -2.53. The minimum atomic E-state index is -0.295. The van der Waals surface area contributed by atoms with E-state index in [1.165, 1.54) is 5.56 Å². The Kier molecular flexibility index (Phi) is 5.61. The van der Waals surface area contributed by atoms with Crippen LogP contribution in [0.3, 0.4) is 0 Å². The molecule has 0 aromatic heterocycles. The van der Waals surface area contributed by atoms with Gasteiger partial charge in [0.25, 0.3) is 0 Å². The number of carbonyl (C=O) groups excluding carboxylic acids is 1. The van der Waals surface area contributed by atoms with Crippen LogP contribution < -0.4 is 10.6 Å². The second kappa shape index (κ2) is 7.88. The molecule has 0 radical (unpaired) electrons. The van der Waals surface area contributed by atoms with Gasteiger partial charge in [0.1, 0.15) is 6.04 Å². The van der Waals surface area contributed by atoms with Gasteiger partial charge in [0.2, 0.25) is 5.91 Å². The number of morpholine rings is 2. The number of rotatable bonds is 4. The quantitative estimate of drug-likeness (QED) is 0.861. The second-order valence-corrected chi connectivity index (χ2v) is 6.08. The van der Waals surface area contributed by atoms with Crippen molar-refractivity contribution in [2.75, 3.05) is 44.8 Å². The molecular formula is C17H25N3O3. The molecule has 2 saturated heterocycles. The largest absolute Gasteiger partial charge is 0.379 e. The van der Waals surface area contributed by atoms with Gasteiger partial charge in [-0.3, -0.25) is 9.69 Å². The lowest BCUT2D eigenvalue weighted by Gasteiger charge is -2.29. The van der Waals surface area contributed by atoms with Crippen LogP contribution in [0.2, 0.25) is 0 Å².